The molecule has 1 aliphatic rings. The van der Waals surface area contributed by atoms with Gasteiger partial charge >= 0.3 is 0 Å². The molecule has 0 spiro atoms. The van der Waals surface area contributed by atoms with Crippen molar-refractivity contribution < 1.29 is 4.74 Å². The lowest BCUT2D eigenvalue weighted by Crippen LogP contribution is -2.57. The second-order valence-electron chi connectivity index (χ2n) is 4.27. The van der Waals surface area contributed by atoms with Crippen LogP contribution in [-0.4, -0.2) is 31.3 Å². The first-order valence-corrected chi connectivity index (χ1v) is 4.57. The van der Waals surface area contributed by atoms with Crippen molar-refractivity contribution in [1.82, 2.24) is 5.32 Å². The van der Waals surface area contributed by atoms with Crippen molar-refractivity contribution in [1.29, 1.82) is 0 Å². The topological polar surface area (TPSA) is 47.3 Å². The predicted octanol–water partition coefficient (Wildman–Crippen LogP) is 0.492. The summed E-state index contributed by atoms with van der Waals surface area (Å²) in [5.74, 6) is 0. The first-order chi connectivity index (χ1) is 5.54. The van der Waals surface area contributed by atoms with Crippen LogP contribution >= 0.6 is 0 Å². The number of hydrogen-bond donors (Lipinski definition) is 2. The summed E-state index contributed by atoms with van der Waals surface area (Å²) in [4.78, 5) is 0. The van der Waals surface area contributed by atoms with Crippen LogP contribution in [0.3, 0.4) is 0 Å². The molecule has 0 bridgehead atoms. The minimum absolute atomic E-state index is 0.0272. The molecule has 1 fully saturated rings. The zero-order chi connectivity index (χ0) is 9.24. The average Bonchev–Trinajstić information content (AvgIpc) is 2.02. The van der Waals surface area contributed by atoms with Gasteiger partial charge in [0.1, 0.15) is 0 Å². The summed E-state index contributed by atoms with van der Waals surface area (Å²) in [5.41, 5.74) is 5.82. The highest BCUT2D eigenvalue weighted by atomic mass is 16.5. The van der Waals surface area contributed by atoms with E-state index >= 15 is 0 Å². The van der Waals surface area contributed by atoms with Crippen molar-refractivity contribution in [3.8, 4) is 0 Å². The summed E-state index contributed by atoms with van der Waals surface area (Å²) in [6.07, 6.45) is 2.01. The monoisotopic (exact) mass is 172 g/mol. The zero-order valence-electron chi connectivity index (χ0n) is 8.31. The maximum atomic E-state index is 5.75. The highest BCUT2D eigenvalue weighted by Crippen LogP contribution is 2.30. The van der Waals surface area contributed by atoms with Gasteiger partial charge in [-0.25, -0.2) is 0 Å². The van der Waals surface area contributed by atoms with E-state index in [-0.39, 0.29) is 11.1 Å². The molecule has 0 amide bonds. The molecule has 72 valence electrons. The van der Waals surface area contributed by atoms with Gasteiger partial charge in [0.05, 0.1) is 5.60 Å². The number of ether oxygens (including phenoxy) is 1. The van der Waals surface area contributed by atoms with Crippen LogP contribution in [0.4, 0.5) is 0 Å². The molecule has 1 aliphatic heterocycles. The van der Waals surface area contributed by atoms with E-state index in [1.807, 2.05) is 7.05 Å². The fourth-order valence-corrected chi connectivity index (χ4v) is 1.97. The van der Waals surface area contributed by atoms with E-state index in [1.165, 1.54) is 0 Å². The van der Waals surface area contributed by atoms with E-state index in [0.717, 1.165) is 19.4 Å². The maximum absolute atomic E-state index is 5.75. The second kappa shape index (κ2) is 3.32. The lowest BCUT2D eigenvalue weighted by molar-refractivity contribution is -0.0843. The lowest BCUT2D eigenvalue weighted by Gasteiger charge is -2.44. The van der Waals surface area contributed by atoms with E-state index in [0.29, 0.717) is 6.54 Å². The van der Waals surface area contributed by atoms with Crippen molar-refractivity contribution in [3.63, 3.8) is 0 Å². The zero-order valence-corrected chi connectivity index (χ0v) is 8.31. The predicted molar refractivity (Wildman–Crippen MR) is 50.1 cm³/mol. The molecular weight excluding hydrogens is 152 g/mol. The van der Waals surface area contributed by atoms with Gasteiger partial charge < -0.3 is 15.8 Å². The largest absolute Gasteiger partial charge is 0.375 e. The summed E-state index contributed by atoms with van der Waals surface area (Å²) >= 11 is 0. The summed E-state index contributed by atoms with van der Waals surface area (Å²) in [5, 5.41) is 3.32. The summed E-state index contributed by atoms with van der Waals surface area (Å²) in [6.45, 7) is 5.74. The highest BCUT2D eigenvalue weighted by molar-refractivity contribution is 4.96. The Hall–Kier alpha value is -0.120. The van der Waals surface area contributed by atoms with Gasteiger partial charge in [0.2, 0.25) is 0 Å². The lowest BCUT2D eigenvalue weighted by atomic mass is 9.81. The van der Waals surface area contributed by atoms with Gasteiger partial charge in [0.25, 0.3) is 0 Å². The minimum Gasteiger partial charge on any atom is -0.375 e. The van der Waals surface area contributed by atoms with Crippen molar-refractivity contribution in [2.45, 2.75) is 37.8 Å². The Labute approximate surface area is 74.7 Å². The fourth-order valence-electron chi connectivity index (χ4n) is 1.97. The van der Waals surface area contributed by atoms with E-state index in [4.69, 9.17) is 10.5 Å². The number of nitrogens with two attached hydrogens (primary N) is 1. The molecule has 0 saturated carbocycles. The van der Waals surface area contributed by atoms with Crippen LogP contribution < -0.4 is 11.1 Å². The van der Waals surface area contributed by atoms with E-state index in [9.17, 15) is 0 Å². The molecule has 1 saturated heterocycles. The molecule has 0 aromatic rings. The number of nitrogens with one attached hydrogen (secondary N) is 1. The Morgan fingerprint density at radius 3 is 2.50 bits per heavy atom. The van der Waals surface area contributed by atoms with Crippen molar-refractivity contribution >= 4 is 0 Å². The molecule has 1 atom stereocenters. The molecule has 3 heteroatoms. The van der Waals surface area contributed by atoms with Crippen LogP contribution in [0, 0.1) is 0 Å². The van der Waals surface area contributed by atoms with Crippen molar-refractivity contribution in [2.75, 3.05) is 20.2 Å². The van der Waals surface area contributed by atoms with Crippen LogP contribution in [0.2, 0.25) is 0 Å². The normalized spacial score (nSPS) is 35.0. The Morgan fingerprint density at radius 1 is 1.50 bits per heavy atom. The average molecular weight is 172 g/mol. The number of hydrogen-bond acceptors (Lipinski definition) is 3. The van der Waals surface area contributed by atoms with Crippen LogP contribution in [-0.2, 0) is 4.74 Å². The molecule has 0 aromatic heterocycles. The van der Waals surface area contributed by atoms with Gasteiger partial charge in [-0.2, -0.15) is 0 Å². The molecule has 3 N–H and O–H groups in total. The van der Waals surface area contributed by atoms with Gasteiger partial charge in [-0.3, -0.25) is 0 Å². The van der Waals surface area contributed by atoms with E-state index in [2.05, 4.69) is 19.2 Å². The van der Waals surface area contributed by atoms with Crippen molar-refractivity contribution in [3.05, 3.63) is 0 Å². The van der Waals surface area contributed by atoms with E-state index in [1.54, 1.807) is 0 Å². The molecule has 1 rings (SSSR count). The van der Waals surface area contributed by atoms with Gasteiger partial charge in [0.15, 0.2) is 0 Å². The summed E-state index contributed by atoms with van der Waals surface area (Å²) in [6, 6.07) is 0. The molecule has 1 heterocycles. The molecular formula is C9H20N2O. The Kier molecular flexibility index (Phi) is 2.76. The Bertz CT molecular complexity index is 153. The number of likely N-dealkylation sites (N-methyl/N-ethyl adjacent to an activating group) is 1. The maximum Gasteiger partial charge on any atom is 0.0644 e. The Balaban J connectivity index is 2.65. The van der Waals surface area contributed by atoms with Gasteiger partial charge in [-0.15, -0.1) is 0 Å². The second-order valence-corrected chi connectivity index (χ2v) is 4.27. The Morgan fingerprint density at radius 2 is 2.17 bits per heavy atom. The molecule has 0 aliphatic carbocycles. The van der Waals surface area contributed by atoms with Gasteiger partial charge in [-0.05, 0) is 33.7 Å². The molecule has 1 unspecified atom stereocenters. The summed E-state index contributed by atoms with van der Waals surface area (Å²) in [7, 11) is 1.98. The standard InChI is InChI=1S/C9H20N2O/c1-8(2)6-9(7-10,11-3)4-5-12-8/h11H,4-7,10H2,1-3H3. The highest BCUT2D eigenvalue weighted by Gasteiger charge is 2.38. The quantitative estimate of drug-likeness (QED) is 0.637. The smallest absolute Gasteiger partial charge is 0.0644 e. The molecule has 0 radical (unpaired) electrons. The van der Waals surface area contributed by atoms with Crippen LogP contribution in [0.15, 0.2) is 0 Å². The first kappa shape index (κ1) is 9.96. The molecule has 12 heavy (non-hydrogen) atoms. The van der Waals surface area contributed by atoms with Crippen LogP contribution in [0.5, 0.6) is 0 Å². The van der Waals surface area contributed by atoms with Crippen LogP contribution in [0.25, 0.3) is 0 Å². The van der Waals surface area contributed by atoms with Gasteiger partial charge in [-0.1, -0.05) is 0 Å². The third kappa shape index (κ3) is 1.97. The third-order valence-electron chi connectivity index (χ3n) is 2.76. The van der Waals surface area contributed by atoms with Crippen molar-refractivity contribution in [2.24, 2.45) is 5.73 Å². The van der Waals surface area contributed by atoms with Crippen LogP contribution in [0.1, 0.15) is 26.7 Å². The fraction of sp³-hybridized carbons (Fsp3) is 1.00. The first-order valence-electron chi connectivity index (χ1n) is 4.57. The van der Waals surface area contributed by atoms with Gasteiger partial charge in [0, 0.05) is 18.7 Å². The molecule has 0 aromatic carbocycles. The summed E-state index contributed by atoms with van der Waals surface area (Å²) < 4.78 is 5.63. The van der Waals surface area contributed by atoms with E-state index < -0.39 is 0 Å². The number of rotatable bonds is 2. The SMILES string of the molecule is CNC1(CN)CCOC(C)(C)C1. The molecule has 3 nitrogen and oxygen atoms in total. The third-order valence-corrected chi connectivity index (χ3v) is 2.76. The minimum atomic E-state index is -0.0272.